The number of amides is 2. The van der Waals surface area contributed by atoms with Crippen molar-refractivity contribution < 1.29 is 22.7 Å². The van der Waals surface area contributed by atoms with Crippen molar-refractivity contribution in [1.29, 1.82) is 0 Å². The molecule has 0 aliphatic rings. The van der Waals surface area contributed by atoms with Gasteiger partial charge in [0.1, 0.15) is 11.3 Å². The van der Waals surface area contributed by atoms with Crippen molar-refractivity contribution in [1.82, 2.24) is 29.3 Å². The van der Waals surface area contributed by atoms with E-state index in [-0.39, 0.29) is 28.6 Å². The van der Waals surface area contributed by atoms with E-state index in [4.69, 9.17) is 9.72 Å². The largest absolute Gasteiger partial charge is 0.495 e. The minimum absolute atomic E-state index is 0.0111. The molecule has 242 valence electrons. The number of carbonyl (C=O) groups is 2. The summed E-state index contributed by atoms with van der Waals surface area (Å²) in [5.41, 5.74) is 1.67. The number of nitrogens with one attached hydrogen (secondary N) is 2. The predicted octanol–water partition coefficient (Wildman–Crippen LogP) is 4.22. The number of ether oxygens (including phenoxy) is 1. The number of para-hydroxylation sites is 2. The van der Waals surface area contributed by atoms with Crippen LogP contribution in [0.2, 0.25) is 0 Å². The van der Waals surface area contributed by atoms with E-state index < -0.39 is 33.4 Å². The van der Waals surface area contributed by atoms with Crippen LogP contribution in [0.4, 0.5) is 5.69 Å². The van der Waals surface area contributed by atoms with Crippen LogP contribution < -0.4 is 20.3 Å². The molecule has 0 aliphatic carbocycles. The summed E-state index contributed by atoms with van der Waals surface area (Å²) in [4.78, 5) is 45.0. The van der Waals surface area contributed by atoms with Crippen LogP contribution >= 0.6 is 0 Å². The Labute approximate surface area is 274 Å². The number of carbonyl (C=O) groups excluding carboxylic acids is 2. The van der Waals surface area contributed by atoms with Crippen LogP contribution in [-0.4, -0.2) is 51.9 Å². The Bertz CT molecular complexity index is 2370. The maximum Gasteiger partial charge on any atom is 0.265 e. The van der Waals surface area contributed by atoms with Gasteiger partial charge in [-0.2, -0.15) is 0 Å². The van der Waals surface area contributed by atoms with Crippen LogP contribution in [-0.2, 0) is 19.6 Å². The SMILES string of the molecule is CCC(=O)NS(=O)(=O)c1ccc(OC)c(NC(=O)C(c2nc3ccccc3c(=O)n2/C=C/c2ccccc2)n2nnc3ccccc32)c1. The van der Waals surface area contributed by atoms with Gasteiger partial charge in [0.05, 0.1) is 34.1 Å². The molecular formula is C34H29N7O6S. The molecule has 2 N–H and O–H groups in total. The van der Waals surface area contributed by atoms with E-state index in [2.05, 4.69) is 15.6 Å². The average Bonchev–Trinajstić information content (AvgIpc) is 3.52. The van der Waals surface area contributed by atoms with Gasteiger partial charge in [0.25, 0.3) is 21.5 Å². The highest BCUT2D eigenvalue weighted by molar-refractivity contribution is 7.90. The highest BCUT2D eigenvalue weighted by atomic mass is 32.2. The molecule has 2 amide bonds. The topological polar surface area (TPSA) is 167 Å². The summed E-state index contributed by atoms with van der Waals surface area (Å²) in [5.74, 6) is -1.28. The molecule has 14 heteroatoms. The maximum atomic E-state index is 14.5. The van der Waals surface area contributed by atoms with E-state index in [1.807, 2.05) is 35.1 Å². The van der Waals surface area contributed by atoms with E-state index in [9.17, 15) is 22.8 Å². The molecule has 0 saturated heterocycles. The molecule has 1 atom stereocenters. The summed E-state index contributed by atoms with van der Waals surface area (Å²) in [6, 6.07) is 25.4. The predicted molar refractivity (Wildman–Crippen MR) is 181 cm³/mol. The quantitative estimate of drug-likeness (QED) is 0.218. The number of benzene rings is 4. The molecule has 6 rings (SSSR count). The third kappa shape index (κ3) is 6.28. The van der Waals surface area contributed by atoms with Gasteiger partial charge in [-0.3, -0.25) is 19.0 Å². The summed E-state index contributed by atoms with van der Waals surface area (Å²) < 4.78 is 36.0. The third-order valence-corrected chi connectivity index (χ3v) is 8.84. The summed E-state index contributed by atoms with van der Waals surface area (Å²) in [7, 11) is -2.91. The summed E-state index contributed by atoms with van der Waals surface area (Å²) >= 11 is 0. The fourth-order valence-corrected chi connectivity index (χ4v) is 6.16. The lowest BCUT2D eigenvalue weighted by atomic mass is 10.1. The summed E-state index contributed by atoms with van der Waals surface area (Å²) in [6.07, 6.45) is 3.21. The summed E-state index contributed by atoms with van der Waals surface area (Å²) in [6.45, 7) is 1.52. The van der Waals surface area contributed by atoms with E-state index in [1.165, 1.54) is 47.7 Å². The van der Waals surface area contributed by atoms with Crippen LogP contribution in [0, 0.1) is 0 Å². The molecule has 0 spiro atoms. The number of anilines is 1. The van der Waals surface area contributed by atoms with Gasteiger partial charge in [-0.25, -0.2) is 22.8 Å². The monoisotopic (exact) mass is 663 g/mol. The fourth-order valence-electron chi connectivity index (χ4n) is 5.07. The van der Waals surface area contributed by atoms with Gasteiger partial charge >= 0.3 is 0 Å². The fraction of sp³-hybridized carbons (Fsp3) is 0.118. The van der Waals surface area contributed by atoms with Gasteiger partial charge in [-0.05, 0) is 54.1 Å². The van der Waals surface area contributed by atoms with Gasteiger partial charge in [0.2, 0.25) is 5.91 Å². The van der Waals surface area contributed by atoms with Gasteiger partial charge < -0.3 is 10.1 Å². The van der Waals surface area contributed by atoms with Crippen LogP contribution in [0.3, 0.4) is 0 Å². The molecular weight excluding hydrogens is 634 g/mol. The van der Waals surface area contributed by atoms with Crippen LogP contribution in [0.25, 0.3) is 34.2 Å². The number of nitrogens with zero attached hydrogens (tertiary/aromatic N) is 5. The summed E-state index contributed by atoms with van der Waals surface area (Å²) in [5, 5.41) is 11.6. The first-order valence-corrected chi connectivity index (χ1v) is 16.3. The van der Waals surface area contributed by atoms with Gasteiger partial charge in [-0.1, -0.05) is 66.7 Å². The Hall–Kier alpha value is -6.15. The van der Waals surface area contributed by atoms with Crippen molar-refractivity contribution in [3.05, 3.63) is 119 Å². The normalized spacial score (nSPS) is 12.3. The highest BCUT2D eigenvalue weighted by Crippen LogP contribution is 2.30. The Morgan fingerprint density at radius 2 is 1.65 bits per heavy atom. The number of methoxy groups -OCH3 is 1. The van der Waals surface area contributed by atoms with E-state index in [0.717, 1.165) is 5.56 Å². The zero-order valence-corrected chi connectivity index (χ0v) is 26.6. The first-order chi connectivity index (χ1) is 23.2. The standard InChI is InChI=1S/C34H29N7O6S/c1-3-30(42)38-48(45,46)23-17-18-29(47-2)27(21-23)36-33(43)31(41-28-16-10-9-15-26(28)37-39-41)32-35-25-14-8-7-13-24(25)34(44)40(32)20-19-22-11-5-4-6-12-22/h4-21,31H,3H2,1-2H3,(H,36,43)(H,38,42)/b20-19+. The molecule has 48 heavy (non-hydrogen) atoms. The second-order valence-corrected chi connectivity index (χ2v) is 12.2. The maximum absolute atomic E-state index is 14.5. The Kier molecular flexibility index (Phi) is 8.81. The number of fused-ring (bicyclic) bond motifs is 2. The van der Waals surface area contributed by atoms with E-state index in [1.54, 1.807) is 54.6 Å². The highest BCUT2D eigenvalue weighted by Gasteiger charge is 2.32. The molecule has 13 nitrogen and oxygen atoms in total. The van der Waals surface area contributed by atoms with Crippen LogP contribution in [0.15, 0.2) is 107 Å². The van der Waals surface area contributed by atoms with Crippen molar-refractivity contribution in [2.75, 3.05) is 12.4 Å². The van der Waals surface area contributed by atoms with E-state index >= 15 is 0 Å². The lowest BCUT2D eigenvalue weighted by molar-refractivity contribution is -0.119. The van der Waals surface area contributed by atoms with Crippen molar-refractivity contribution in [2.45, 2.75) is 24.3 Å². The van der Waals surface area contributed by atoms with Crippen molar-refractivity contribution in [3.8, 4) is 5.75 Å². The average molecular weight is 664 g/mol. The smallest absolute Gasteiger partial charge is 0.265 e. The van der Waals surface area contributed by atoms with Crippen molar-refractivity contribution >= 4 is 61.7 Å². The Morgan fingerprint density at radius 3 is 2.40 bits per heavy atom. The molecule has 6 aromatic rings. The van der Waals surface area contributed by atoms with Gasteiger partial charge in [0, 0.05) is 12.6 Å². The molecule has 0 aliphatic heterocycles. The Morgan fingerprint density at radius 1 is 0.938 bits per heavy atom. The lowest BCUT2D eigenvalue weighted by Gasteiger charge is -2.21. The molecule has 2 aromatic heterocycles. The van der Waals surface area contributed by atoms with Crippen LogP contribution in [0.5, 0.6) is 5.75 Å². The number of rotatable bonds is 10. The zero-order chi connectivity index (χ0) is 33.8. The first kappa shape index (κ1) is 31.8. The zero-order valence-electron chi connectivity index (χ0n) is 25.8. The molecule has 4 aromatic carbocycles. The second-order valence-electron chi connectivity index (χ2n) is 10.5. The number of hydrogen-bond donors (Lipinski definition) is 2. The first-order valence-electron chi connectivity index (χ1n) is 14.8. The van der Waals surface area contributed by atoms with Crippen molar-refractivity contribution in [2.24, 2.45) is 0 Å². The van der Waals surface area contributed by atoms with Crippen LogP contribution in [0.1, 0.15) is 30.8 Å². The van der Waals surface area contributed by atoms with Gasteiger partial charge in [-0.15, -0.1) is 5.10 Å². The number of hydrogen-bond acceptors (Lipinski definition) is 9. The molecule has 2 heterocycles. The number of sulfonamides is 1. The third-order valence-electron chi connectivity index (χ3n) is 7.47. The minimum atomic E-state index is -4.27. The molecule has 0 radical (unpaired) electrons. The lowest BCUT2D eigenvalue weighted by Crippen LogP contribution is -2.34. The molecule has 0 fully saturated rings. The number of aromatic nitrogens is 5. The molecule has 0 saturated carbocycles. The minimum Gasteiger partial charge on any atom is -0.495 e. The second kappa shape index (κ2) is 13.3. The Balaban J connectivity index is 1.54. The van der Waals surface area contributed by atoms with Crippen molar-refractivity contribution in [3.63, 3.8) is 0 Å². The van der Waals surface area contributed by atoms with E-state index in [0.29, 0.717) is 21.9 Å². The van der Waals surface area contributed by atoms with Gasteiger partial charge in [0.15, 0.2) is 11.9 Å². The molecule has 0 bridgehead atoms. The molecule has 1 unspecified atom stereocenters.